The Kier molecular flexibility index (Phi) is 3.14. The number of aromatic amines is 1. The zero-order valence-electron chi connectivity index (χ0n) is 9.90. The molecule has 2 N–H and O–H groups in total. The summed E-state index contributed by atoms with van der Waals surface area (Å²) in [5, 5.41) is 3.22. The fourth-order valence-corrected chi connectivity index (χ4v) is 1.56. The van der Waals surface area contributed by atoms with Crippen molar-refractivity contribution in [2.45, 2.75) is 0 Å². The Morgan fingerprint density at radius 1 is 1.24 bits per heavy atom. The van der Waals surface area contributed by atoms with Crippen LogP contribution in [0.15, 0.2) is 42.7 Å². The molecule has 0 spiro atoms. The summed E-state index contributed by atoms with van der Waals surface area (Å²) in [6.07, 6.45) is 3.71. The predicted molar refractivity (Wildman–Crippen MR) is 68.5 cm³/mol. The van der Waals surface area contributed by atoms with Gasteiger partial charge in [-0.1, -0.05) is 6.07 Å². The minimum atomic E-state index is 0.00252. The molecule has 1 amide bonds. The summed E-state index contributed by atoms with van der Waals surface area (Å²) in [7, 11) is 3.49. The summed E-state index contributed by atoms with van der Waals surface area (Å²) in [4.78, 5) is 16.3. The molecule has 0 saturated heterocycles. The number of carbonyl (C=O) groups excluding carboxylic acids is 1. The molecule has 17 heavy (non-hydrogen) atoms. The minimum Gasteiger partial charge on any atom is -0.366 e. The molecular formula is C13H15N3O. The van der Waals surface area contributed by atoms with Gasteiger partial charge in [0.2, 0.25) is 0 Å². The Balaban J connectivity index is 2.20. The number of carbonyl (C=O) groups is 1. The van der Waals surface area contributed by atoms with Gasteiger partial charge in [0.1, 0.15) is 0 Å². The average molecular weight is 229 g/mol. The third kappa shape index (κ3) is 2.66. The molecule has 0 saturated carbocycles. The van der Waals surface area contributed by atoms with Gasteiger partial charge in [-0.15, -0.1) is 0 Å². The van der Waals surface area contributed by atoms with Crippen LogP contribution in [-0.4, -0.2) is 29.9 Å². The van der Waals surface area contributed by atoms with Crippen molar-refractivity contribution < 1.29 is 4.79 Å². The van der Waals surface area contributed by atoms with E-state index in [0.717, 1.165) is 11.4 Å². The second-order valence-electron chi connectivity index (χ2n) is 4.01. The van der Waals surface area contributed by atoms with Crippen molar-refractivity contribution in [3.8, 4) is 0 Å². The molecular weight excluding hydrogens is 214 g/mol. The highest BCUT2D eigenvalue weighted by Crippen LogP contribution is 2.17. The van der Waals surface area contributed by atoms with E-state index < -0.39 is 0 Å². The average Bonchev–Trinajstić information content (AvgIpc) is 2.81. The summed E-state index contributed by atoms with van der Waals surface area (Å²) >= 11 is 0. The van der Waals surface area contributed by atoms with Crippen LogP contribution in [0.5, 0.6) is 0 Å². The third-order valence-corrected chi connectivity index (χ3v) is 2.40. The van der Waals surface area contributed by atoms with Gasteiger partial charge >= 0.3 is 0 Å². The number of nitrogens with zero attached hydrogens (tertiary/aromatic N) is 1. The smallest absolute Gasteiger partial charge is 0.253 e. The number of anilines is 2. The molecule has 1 heterocycles. The van der Waals surface area contributed by atoms with Crippen molar-refractivity contribution in [2.75, 3.05) is 19.4 Å². The van der Waals surface area contributed by atoms with Crippen LogP contribution in [0.4, 0.5) is 11.4 Å². The molecule has 0 aliphatic carbocycles. The van der Waals surface area contributed by atoms with E-state index in [0.29, 0.717) is 5.56 Å². The number of amides is 1. The highest BCUT2D eigenvalue weighted by molar-refractivity contribution is 5.94. The van der Waals surface area contributed by atoms with E-state index in [9.17, 15) is 4.79 Å². The van der Waals surface area contributed by atoms with Crippen molar-refractivity contribution in [1.82, 2.24) is 9.88 Å². The molecule has 4 nitrogen and oxygen atoms in total. The molecule has 1 aromatic heterocycles. The quantitative estimate of drug-likeness (QED) is 0.849. The van der Waals surface area contributed by atoms with Crippen molar-refractivity contribution in [3.05, 3.63) is 48.3 Å². The van der Waals surface area contributed by atoms with Crippen LogP contribution in [0, 0.1) is 0 Å². The minimum absolute atomic E-state index is 0.00252. The van der Waals surface area contributed by atoms with E-state index in [4.69, 9.17) is 0 Å². The number of benzene rings is 1. The Morgan fingerprint density at radius 3 is 2.71 bits per heavy atom. The number of hydrogen-bond donors (Lipinski definition) is 2. The molecule has 0 aliphatic rings. The molecule has 88 valence electrons. The van der Waals surface area contributed by atoms with Gasteiger partial charge in [0.25, 0.3) is 5.91 Å². The van der Waals surface area contributed by atoms with Crippen molar-refractivity contribution in [3.63, 3.8) is 0 Å². The van der Waals surface area contributed by atoms with E-state index in [2.05, 4.69) is 10.3 Å². The summed E-state index contributed by atoms with van der Waals surface area (Å²) in [6.45, 7) is 0. The van der Waals surface area contributed by atoms with Crippen LogP contribution in [-0.2, 0) is 0 Å². The molecule has 0 bridgehead atoms. The molecule has 2 rings (SSSR count). The maximum atomic E-state index is 11.8. The second kappa shape index (κ2) is 4.74. The number of aromatic nitrogens is 1. The fraction of sp³-hybridized carbons (Fsp3) is 0.154. The predicted octanol–water partition coefficient (Wildman–Crippen LogP) is 2.46. The van der Waals surface area contributed by atoms with Crippen LogP contribution < -0.4 is 5.32 Å². The van der Waals surface area contributed by atoms with Crippen molar-refractivity contribution in [1.29, 1.82) is 0 Å². The van der Waals surface area contributed by atoms with Crippen LogP contribution >= 0.6 is 0 Å². The van der Waals surface area contributed by atoms with Gasteiger partial charge in [0, 0.05) is 37.7 Å². The van der Waals surface area contributed by atoms with Gasteiger partial charge in [0.05, 0.1) is 5.69 Å². The Labute approximate surface area is 100 Å². The van der Waals surface area contributed by atoms with E-state index in [1.54, 1.807) is 19.0 Å². The number of nitrogens with one attached hydrogen (secondary N) is 2. The highest BCUT2D eigenvalue weighted by atomic mass is 16.2. The van der Waals surface area contributed by atoms with Gasteiger partial charge in [0.15, 0.2) is 0 Å². The van der Waals surface area contributed by atoms with E-state index >= 15 is 0 Å². The first-order valence-electron chi connectivity index (χ1n) is 5.38. The molecule has 0 atom stereocenters. The maximum absolute atomic E-state index is 11.8. The SMILES string of the molecule is CN(C)C(=O)c1cccc(Nc2cc[nH]c2)c1. The summed E-state index contributed by atoms with van der Waals surface area (Å²) in [6, 6.07) is 9.38. The summed E-state index contributed by atoms with van der Waals surface area (Å²) in [5.74, 6) is 0.00252. The Hall–Kier alpha value is -2.23. The largest absolute Gasteiger partial charge is 0.366 e. The topological polar surface area (TPSA) is 48.1 Å². The van der Waals surface area contributed by atoms with Crippen LogP contribution in [0.25, 0.3) is 0 Å². The lowest BCUT2D eigenvalue weighted by molar-refractivity contribution is 0.0827. The molecule has 4 heteroatoms. The highest BCUT2D eigenvalue weighted by Gasteiger charge is 2.07. The Bertz CT molecular complexity index is 503. The zero-order valence-corrected chi connectivity index (χ0v) is 9.90. The zero-order chi connectivity index (χ0) is 12.3. The molecule has 0 aliphatic heterocycles. The summed E-state index contributed by atoms with van der Waals surface area (Å²) in [5.41, 5.74) is 2.55. The van der Waals surface area contributed by atoms with Crippen LogP contribution in [0.1, 0.15) is 10.4 Å². The van der Waals surface area contributed by atoms with Gasteiger partial charge < -0.3 is 15.2 Å². The standard InChI is InChI=1S/C13H15N3O/c1-16(2)13(17)10-4-3-5-11(8-10)15-12-6-7-14-9-12/h3-9,14-15H,1-2H3. The monoisotopic (exact) mass is 229 g/mol. The van der Waals surface area contributed by atoms with E-state index in [1.165, 1.54) is 0 Å². The van der Waals surface area contributed by atoms with Crippen molar-refractivity contribution in [2.24, 2.45) is 0 Å². The fourth-order valence-electron chi connectivity index (χ4n) is 1.56. The number of hydrogen-bond acceptors (Lipinski definition) is 2. The van der Waals surface area contributed by atoms with Gasteiger partial charge in [-0.3, -0.25) is 4.79 Å². The first-order chi connectivity index (χ1) is 8.16. The van der Waals surface area contributed by atoms with Crippen molar-refractivity contribution >= 4 is 17.3 Å². The molecule has 0 fully saturated rings. The third-order valence-electron chi connectivity index (χ3n) is 2.40. The van der Waals surface area contributed by atoms with Crippen LogP contribution in [0.2, 0.25) is 0 Å². The normalized spacial score (nSPS) is 10.0. The lowest BCUT2D eigenvalue weighted by Gasteiger charge is -2.11. The number of H-pyrrole nitrogens is 1. The maximum Gasteiger partial charge on any atom is 0.253 e. The first kappa shape index (κ1) is 11.3. The molecule has 1 aromatic carbocycles. The number of rotatable bonds is 3. The second-order valence-corrected chi connectivity index (χ2v) is 4.01. The Morgan fingerprint density at radius 2 is 2.06 bits per heavy atom. The molecule has 2 aromatic rings. The molecule has 0 radical (unpaired) electrons. The first-order valence-corrected chi connectivity index (χ1v) is 5.38. The van der Waals surface area contributed by atoms with E-state index in [1.807, 2.05) is 42.7 Å². The summed E-state index contributed by atoms with van der Waals surface area (Å²) < 4.78 is 0. The van der Waals surface area contributed by atoms with Gasteiger partial charge in [-0.25, -0.2) is 0 Å². The van der Waals surface area contributed by atoms with Gasteiger partial charge in [-0.05, 0) is 24.3 Å². The van der Waals surface area contributed by atoms with Gasteiger partial charge in [-0.2, -0.15) is 0 Å². The molecule has 0 unspecified atom stereocenters. The lowest BCUT2D eigenvalue weighted by Crippen LogP contribution is -2.21. The lowest BCUT2D eigenvalue weighted by atomic mass is 10.2. The van der Waals surface area contributed by atoms with Crippen LogP contribution in [0.3, 0.4) is 0 Å². The van der Waals surface area contributed by atoms with E-state index in [-0.39, 0.29) is 5.91 Å².